The van der Waals surface area contributed by atoms with E-state index in [1.807, 2.05) is 38.4 Å². The first-order chi connectivity index (χ1) is 8.65. The van der Waals surface area contributed by atoms with Gasteiger partial charge in [0.15, 0.2) is 0 Å². The number of hydrogen-bond donors (Lipinski definition) is 2. The summed E-state index contributed by atoms with van der Waals surface area (Å²) in [6, 6.07) is 8.06. The van der Waals surface area contributed by atoms with E-state index in [-0.39, 0.29) is 0 Å². The molecule has 3 heteroatoms. The second-order valence-corrected chi connectivity index (χ2v) is 4.91. The van der Waals surface area contributed by atoms with Gasteiger partial charge in [-0.15, -0.1) is 0 Å². The Morgan fingerprint density at radius 2 is 1.83 bits per heavy atom. The molecule has 0 bridgehead atoms. The first-order valence-electron chi connectivity index (χ1n) is 6.81. The Hall–Kier alpha value is -1.06. The number of unbranched alkanes of at least 4 members (excludes halogenated alkanes) is 2. The summed E-state index contributed by atoms with van der Waals surface area (Å²) < 4.78 is 0. The number of nitrogens with one attached hydrogen (secondary N) is 1. The molecular weight excluding hydrogens is 224 g/mol. The number of aliphatic hydroxyl groups excluding tert-OH is 1. The summed E-state index contributed by atoms with van der Waals surface area (Å²) >= 11 is 0. The van der Waals surface area contributed by atoms with Gasteiger partial charge in [0.05, 0.1) is 6.10 Å². The molecule has 1 rings (SSSR count). The normalized spacial score (nSPS) is 12.4. The summed E-state index contributed by atoms with van der Waals surface area (Å²) in [5, 5.41) is 13.3. The molecule has 0 aromatic heterocycles. The topological polar surface area (TPSA) is 35.5 Å². The summed E-state index contributed by atoms with van der Waals surface area (Å²) in [4.78, 5) is 2.05. The molecule has 3 nitrogen and oxygen atoms in total. The van der Waals surface area contributed by atoms with Crippen LogP contribution in [0.4, 0.5) is 5.69 Å². The molecule has 2 N–H and O–H groups in total. The van der Waals surface area contributed by atoms with Crippen LogP contribution in [0, 0.1) is 0 Å². The first kappa shape index (κ1) is 15.0. The van der Waals surface area contributed by atoms with E-state index in [2.05, 4.69) is 17.1 Å². The van der Waals surface area contributed by atoms with Gasteiger partial charge in [-0.3, -0.25) is 0 Å². The maximum absolute atomic E-state index is 10.0. The SMILES string of the molecule is CCCCCNCC(O)c1ccc(N(C)C)cc1. The molecule has 102 valence electrons. The smallest absolute Gasteiger partial charge is 0.0914 e. The van der Waals surface area contributed by atoms with Gasteiger partial charge in [0.1, 0.15) is 0 Å². The molecule has 0 aliphatic heterocycles. The van der Waals surface area contributed by atoms with E-state index in [4.69, 9.17) is 0 Å². The van der Waals surface area contributed by atoms with Crippen molar-refractivity contribution in [2.24, 2.45) is 0 Å². The third-order valence-electron chi connectivity index (χ3n) is 3.09. The van der Waals surface area contributed by atoms with E-state index >= 15 is 0 Å². The molecule has 0 spiro atoms. The van der Waals surface area contributed by atoms with Gasteiger partial charge in [-0.05, 0) is 30.7 Å². The van der Waals surface area contributed by atoms with E-state index < -0.39 is 6.10 Å². The fourth-order valence-corrected chi connectivity index (χ4v) is 1.85. The van der Waals surface area contributed by atoms with Crippen LogP contribution in [-0.2, 0) is 0 Å². The van der Waals surface area contributed by atoms with E-state index in [0.717, 1.165) is 17.8 Å². The molecule has 1 atom stereocenters. The molecular formula is C15H26N2O. The van der Waals surface area contributed by atoms with E-state index in [9.17, 15) is 5.11 Å². The van der Waals surface area contributed by atoms with Gasteiger partial charge in [-0.1, -0.05) is 31.9 Å². The molecule has 1 unspecified atom stereocenters. The molecule has 0 aliphatic rings. The Labute approximate surface area is 111 Å². The second kappa shape index (κ2) is 8.11. The summed E-state index contributed by atoms with van der Waals surface area (Å²) in [6.07, 6.45) is 3.25. The average Bonchev–Trinajstić information content (AvgIpc) is 2.38. The van der Waals surface area contributed by atoms with Crippen molar-refractivity contribution in [2.45, 2.75) is 32.3 Å². The monoisotopic (exact) mass is 250 g/mol. The van der Waals surface area contributed by atoms with Crippen molar-refractivity contribution < 1.29 is 5.11 Å². The Bertz CT molecular complexity index is 322. The molecule has 18 heavy (non-hydrogen) atoms. The minimum atomic E-state index is -0.414. The molecule has 0 aliphatic carbocycles. The number of benzene rings is 1. The summed E-state index contributed by atoms with van der Waals surface area (Å²) in [5.41, 5.74) is 2.13. The Morgan fingerprint density at radius 1 is 1.17 bits per heavy atom. The van der Waals surface area contributed by atoms with Gasteiger partial charge < -0.3 is 15.3 Å². The lowest BCUT2D eigenvalue weighted by Gasteiger charge is -2.15. The van der Waals surface area contributed by atoms with Gasteiger partial charge in [0.2, 0.25) is 0 Å². The molecule has 0 radical (unpaired) electrons. The molecule has 1 aromatic rings. The van der Waals surface area contributed by atoms with Crippen LogP contribution in [0.5, 0.6) is 0 Å². The van der Waals surface area contributed by atoms with Crippen molar-refractivity contribution in [2.75, 3.05) is 32.1 Å². The number of aliphatic hydroxyl groups is 1. The van der Waals surface area contributed by atoms with Crippen LogP contribution in [0.25, 0.3) is 0 Å². The zero-order chi connectivity index (χ0) is 13.4. The predicted octanol–water partition coefficient (Wildman–Crippen LogP) is 2.57. The van der Waals surface area contributed by atoms with Gasteiger partial charge >= 0.3 is 0 Å². The maximum atomic E-state index is 10.0. The lowest BCUT2D eigenvalue weighted by Crippen LogP contribution is -2.22. The molecule has 0 amide bonds. The highest BCUT2D eigenvalue weighted by Gasteiger charge is 2.06. The second-order valence-electron chi connectivity index (χ2n) is 4.91. The number of rotatable bonds is 8. The zero-order valence-corrected chi connectivity index (χ0v) is 11.8. The quantitative estimate of drug-likeness (QED) is 0.696. The van der Waals surface area contributed by atoms with Crippen LogP contribution in [0.3, 0.4) is 0 Å². The number of hydrogen-bond acceptors (Lipinski definition) is 3. The standard InChI is InChI=1S/C15H26N2O/c1-4-5-6-11-16-12-15(18)13-7-9-14(10-8-13)17(2)3/h7-10,15-16,18H,4-6,11-12H2,1-3H3. The average molecular weight is 250 g/mol. The summed E-state index contributed by atoms with van der Waals surface area (Å²) in [6.45, 7) is 3.81. The Balaban J connectivity index is 2.34. The van der Waals surface area contributed by atoms with Crippen molar-refractivity contribution in [1.29, 1.82) is 0 Å². The van der Waals surface area contributed by atoms with Crippen molar-refractivity contribution in [3.63, 3.8) is 0 Å². The third-order valence-corrected chi connectivity index (χ3v) is 3.09. The lowest BCUT2D eigenvalue weighted by molar-refractivity contribution is 0.174. The number of anilines is 1. The molecule has 0 fully saturated rings. The Kier molecular flexibility index (Phi) is 6.76. The maximum Gasteiger partial charge on any atom is 0.0914 e. The molecule has 0 heterocycles. The molecule has 0 saturated carbocycles. The van der Waals surface area contributed by atoms with Crippen LogP contribution in [-0.4, -0.2) is 32.3 Å². The van der Waals surface area contributed by atoms with Crippen LogP contribution in [0.2, 0.25) is 0 Å². The minimum Gasteiger partial charge on any atom is -0.387 e. The minimum absolute atomic E-state index is 0.414. The van der Waals surface area contributed by atoms with Gasteiger partial charge in [-0.25, -0.2) is 0 Å². The predicted molar refractivity (Wildman–Crippen MR) is 78.1 cm³/mol. The van der Waals surface area contributed by atoms with Crippen LogP contribution >= 0.6 is 0 Å². The highest BCUT2D eigenvalue weighted by atomic mass is 16.3. The highest BCUT2D eigenvalue weighted by Crippen LogP contribution is 2.17. The lowest BCUT2D eigenvalue weighted by atomic mass is 10.1. The van der Waals surface area contributed by atoms with Gasteiger partial charge in [0, 0.05) is 26.3 Å². The van der Waals surface area contributed by atoms with E-state index in [0.29, 0.717) is 6.54 Å². The summed E-state index contributed by atoms with van der Waals surface area (Å²) in [7, 11) is 4.03. The van der Waals surface area contributed by atoms with Crippen LogP contribution < -0.4 is 10.2 Å². The molecule has 0 saturated heterocycles. The summed E-state index contributed by atoms with van der Waals surface area (Å²) in [5.74, 6) is 0. The largest absolute Gasteiger partial charge is 0.387 e. The fourth-order valence-electron chi connectivity index (χ4n) is 1.85. The fraction of sp³-hybridized carbons (Fsp3) is 0.600. The van der Waals surface area contributed by atoms with Crippen molar-refractivity contribution in [3.8, 4) is 0 Å². The molecule has 1 aromatic carbocycles. The van der Waals surface area contributed by atoms with Gasteiger partial charge in [-0.2, -0.15) is 0 Å². The first-order valence-corrected chi connectivity index (χ1v) is 6.81. The third kappa shape index (κ3) is 5.07. The van der Waals surface area contributed by atoms with Gasteiger partial charge in [0.25, 0.3) is 0 Å². The van der Waals surface area contributed by atoms with Crippen molar-refractivity contribution in [1.82, 2.24) is 5.32 Å². The van der Waals surface area contributed by atoms with E-state index in [1.54, 1.807) is 0 Å². The highest BCUT2D eigenvalue weighted by molar-refractivity contribution is 5.46. The van der Waals surface area contributed by atoms with E-state index in [1.165, 1.54) is 19.3 Å². The number of nitrogens with zero attached hydrogens (tertiary/aromatic N) is 1. The van der Waals surface area contributed by atoms with Crippen LogP contribution in [0.15, 0.2) is 24.3 Å². The van der Waals surface area contributed by atoms with Crippen molar-refractivity contribution >= 4 is 5.69 Å². The zero-order valence-electron chi connectivity index (χ0n) is 11.8. The van der Waals surface area contributed by atoms with Crippen LogP contribution in [0.1, 0.15) is 37.9 Å². The van der Waals surface area contributed by atoms with Crippen molar-refractivity contribution in [3.05, 3.63) is 29.8 Å². The Morgan fingerprint density at radius 3 is 2.39 bits per heavy atom.